The molecule has 1 aromatic rings. The van der Waals surface area contributed by atoms with Crippen molar-refractivity contribution in [3.63, 3.8) is 0 Å². The minimum Gasteiger partial charge on any atom is -0.444 e. The van der Waals surface area contributed by atoms with E-state index in [0.717, 1.165) is 31.2 Å². The van der Waals surface area contributed by atoms with Gasteiger partial charge in [0.05, 0.1) is 0 Å². The Morgan fingerprint density at radius 3 is 2.50 bits per heavy atom. The molecule has 1 saturated carbocycles. The summed E-state index contributed by atoms with van der Waals surface area (Å²) < 4.78 is 5.13. The second-order valence-electron chi connectivity index (χ2n) is 8.51. The number of nitrogens with one attached hydrogen (secondary N) is 3. The van der Waals surface area contributed by atoms with Gasteiger partial charge >= 0.3 is 6.09 Å². The fraction of sp³-hybridized carbons (Fsp3) is 0.522. The summed E-state index contributed by atoms with van der Waals surface area (Å²) in [5.74, 6) is -0.288. The van der Waals surface area contributed by atoms with Crippen molar-refractivity contribution in [1.29, 1.82) is 0 Å². The van der Waals surface area contributed by atoms with Gasteiger partial charge in [0, 0.05) is 31.3 Å². The van der Waals surface area contributed by atoms with Gasteiger partial charge < -0.3 is 20.7 Å². The van der Waals surface area contributed by atoms with E-state index in [4.69, 9.17) is 4.74 Å². The molecule has 0 unspecified atom stereocenters. The molecule has 3 N–H and O–H groups in total. The predicted molar refractivity (Wildman–Crippen MR) is 117 cm³/mol. The molecule has 0 spiro atoms. The van der Waals surface area contributed by atoms with Crippen molar-refractivity contribution in [2.45, 2.75) is 71.4 Å². The summed E-state index contributed by atoms with van der Waals surface area (Å²) in [5, 5.41) is 8.26. The summed E-state index contributed by atoms with van der Waals surface area (Å²) in [6.07, 6.45) is 6.90. The van der Waals surface area contributed by atoms with Crippen molar-refractivity contribution >= 4 is 23.6 Å². The highest BCUT2D eigenvalue weighted by molar-refractivity contribution is 5.91. The first-order valence-electron chi connectivity index (χ1n) is 10.5. The molecule has 2 rings (SSSR count). The van der Waals surface area contributed by atoms with Crippen LogP contribution in [0.2, 0.25) is 0 Å². The molecule has 0 aliphatic heterocycles. The number of alkyl carbamates (subject to hydrolysis) is 1. The van der Waals surface area contributed by atoms with E-state index in [0.29, 0.717) is 12.2 Å². The van der Waals surface area contributed by atoms with Crippen LogP contribution in [-0.4, -0.2) is 30.1 Å². The van der Waals surface area contributed by atoms with Crippen LogP contribution in [0.4, 0.5) is 10.5 Å². The lowest BCUT2D eigenvalue weighted by Crippen LogP contribution is -2.34. The van der Waals surface area contributed by atoms with Gasteiger partial charge in [-0.1, -0.05) is 24.1 Å². The van der Waals surface area contributed by atoms with Gasteiger partial charge in [0.25, 0.3) is 0 Å². The van der Waals surface area contributed by atoms with E-state index in [1.165, 1.54) is 12.0 Å². The minimum atomic E-state index is -0.574. The second-order valence-corrected chi connectivity index (χ2v) is 8.51. The summed E-state index contributed by atoms with van der Waals surface area (Å²) in [5.41, 5.74) is 2.19. The summed E-state index contributed by atoms with van der Waals surface area (Å²) in [7, 11) is 0. The van der Waals surface area contributed by atoms with Crippen molar-refractivity contribution in [2.75, 3.05) is 11.9 Å². The van der Waals surface area contributed by atoms with E-state index in [1.807, 2.05) is 18.2 Å². The van der Waals surface area contributed by atoms with Gasteiger partial charge in [-0.2, -0.15) is 0 Å². The van der Waals surface area contributed by atoms with Gasteiger partial charge in [-0.3, -0.25) is 9.59 Å². The van der Waals surface area contributed by atoms with Crippen LogP contribution < -0.4 is 16.0 Å². The third-order valence-electron chi connectivity index (χ3n) is 4.53. The number of carbonyl (C=O) groups excluding carboxylic acids is 3. The predicted octanol–water partition coefficient (Wildman–Crippen LogP) is 4.05. The molecule has 1 aromatic carbocycles. The van der Waals surface area contributed by atoms with Crippen LogP contribution in [-0.2, 0) is 20.9 Å². The molecule has 0 bridgehead atoms. The number of allylic oxidation sites excluding steroid dienone is 1. The minimum absolute atomic E-state index is 0.0745. The fourth-order valence-electron chi connectivity index (χ4n) is 3.15. The van der Waals surface area contributed by atoms with Crippen molar-refractivity contribution in [3.05, 3.63) is 41.5 Å². The zero-order valence-corrected chi connectivity index (χ0v) is 18.2. The zero-order chi connectivity index (χ0) is 22.0. The van der Waals surface area contributed by atoms with Crippen LogP contribution in [0.3, 0.4) is 0 Å². The Morgan fingerprint density at radius 1 is 1.07 bits per heavy atom. The van der Waals surface area contributed by atoms with Crippen LogP contribution in [0.5, 0.6) is 0 Å². The van der Waals surface area contributed by atoms with E-state index >= 15 is 0 Å². The average Bonchev–Trinajstić information content (AvgIpc) is 2.66. The standard InChI is InChI=1S/C23H33N3O4/c1-23(2,3)30-22(29)24-13-12-20(27)26-19-11-7-10-18(14-19)16-25-21(28)15-17-8-5-4-6-9-17/h7,10-11,14-15H,4-6,8-9,12-13,16H2,1-3H3,(H,24,29)(H,25,28)(H,26,27). The fourth-order valence-corrected chi connectivity index (χ4v) is 3.15. The second kappa shape index (κ2) is 11.4. The Hall–Kier alpha value is -2.83. The number of anilines is 1. The Labute approximate surface area is 178 Å². The molecule has 0 atom stereocenters. The lowest BCUT2D eigenvalue weighted by Gasteiger charge is -2.19. The first-order chi connectivity index (χ1) is 14.2. The summed E-state index contributed by atoms with van der Waals surface area (Å²) >= 11 is 0. The Balaban J connectivity index is 1.74. The molecule has 0 aromatic heterocycles. The molecule has 7 nitrogen and oxygen atoms in total. The van der Waals surface area contributed by atoms with Gasteiger partial charge in [-0.25, -0.2) is 4.79 Å². The molecular formula is C23H33N3O4. The monoisotopic (exact) mass is 415 g/mol. The maximum absolute atomic E-state index is 12.1. The molecule has 1 fully saturated rings. The zero-order valence-electron chi connectivity index (χ0n) is 18.2. The third-order valence-corrected chi connectivity index (χ3v) is 4.53. The van der Waals surface area contributed by atoms with Crippen LogP contribution in [0, 0.1) is 0 Å². The summed E-state index contributed by atoms with van der Waals surface area (Å²) in [4.78, 5) is 35.8. The molecule has 30 heavy (non-hydrogen) atoms. The smallest absolute Gasteiger partial charge is 0.407 e. The highest BCUT2D eigenvalue weighted by Gasteiger charge is 2.16. The highest BCUT2D eigenvalue weighted by Crippen LogP contribution is 2.22. The van der Waals surface area contributed by atoms with E-state index in [1.54, 1.807) is 32.9 Å². The van der Waals surface area contributed by atoms with Gasteiger partial charge in [0.15, 0.2) is 0 Å². The van der Waals surface area contributed by atoms with Crippen molar-refractivity contribution in [2.24, 2.45) is 0 Å². The van der Waals surface area contributed by atoms with Crippen LogP contribution in [0.1, 0.15) is 64.9 Å². The van der Waals surface area contributed by atoms with Gasteiger partial charge in [0.1, 0.15) is 5.60 Å². The number of carbonyl (C=O) groups is 3. The molecule has 0 heterocycles. The van der Waals surface area contributed by atoms with Gasteiger partial charge in [0.2, 0.25) is 11.8 Å². The third kappa shape index (κ3) is 9.58. The number of benzene rings is 1. The number of hydrogen-bond donors (Lipinski definition) is 3. The van der Waals surface area contributed by atoms with Crippen LogP contribution >= 0.6 is 0 Å². The number of ether oxygens (including phenoxy) is 1. The lowest BCUT2D eigenvalue weighted by molar-refractivity contribution is -0.117. The average molecular weight is 416 g/mol. The molecule has 164 valence electrons. The molecule has 7 heteroatoms. The van der Waals surface area contributed by atoms with Gasteiger partial charge in [-0.05, 0) is 64.2 Å². The van der Waals surface area contributed by atoms with Crippen LogP contribution in [0.25, 0.3) is 0 Å². The number of rotatable bonds is 7. The van der Waals surface area contributed by atoms with Crippen LogP contribution in [0.15, 0.2) is 35.9 Å². The summed E-state index contributed by atoms with van der Waals surface area (Å²) in [6, 6.07) is 7.34. The van der Waals surface area contributed by atoms with Crippen molar-refractivity contribution < 1.29 is 19.1 Å². The first-order valence-corrected chi connectivity index (χ1v) is 10.5. The largest absolute Gasteiger partial charge is 0.444 e. The Bertz CT molecular complexity index is 773. The van der Waals surface area contributed by atoms with E-state index in [2.05, 4.69) is 16.0 Å². The number of hydrogen-bond acceptors (Lipinski definition) is 4. The Kier molecular flexibility index (Phi) is 8.89. The maximum atomic E-state index is 12.1. The molecule has 1 aliphatic carbocycles. The van der Waals surface area contributed by atoms with Crippen molar-refractivity contribution in [3.8, 4) is 0 Å². The molecular weight excluding hydrogens is 382 g/mol. The molecule has 0 radical (unpaired) electrons. The van der Waals surface area contributed by atoms with Crippen molar-refractivity contribution in [1.82, 2.24) is 10.6 Å². The normalized spacial score (nSPS) is 13.9. The molecule has 3 amide bonds. The van der Waals surface area contributed by atoms with E-state index in [-0.39, 0.29) is 24.8 Å². The topological polar surface area (TPSA) is 96.5 Å². The quantitative estimate of drug-likeness (QED) is 0.586. The van der Waals surface area contributed by atoms with Gasteiger partial charge in [-0.15, -0.1) is 0 Å². The first kappa shape index (κ1) is 23.4. The van der Waals surface area contributed by atoms with E-state index < -0.39 is 11.7 Å². The molecule has 0 saturated heterocycles. The summed E-state index contributed by atoms with van der Waals surface area (Å²) in [6.45, 7) is 5.92. The lowest BCUT2D eigenvalue weighted by atomic mass is 9.94. The number of amides is 3. The SMILES string of the molecule is CC(C)(C)OC(=O)NCCC(=O)Nc1cccc(CNC(=O)C=C2CCCCC2)c1. The highest BCUT2D eigenvalue weighted by atomic mass is 16.6. The Morgan fingerprint density at radius 2 is 1.80 bits per heavy atom. The van der Waals surface area contributed by atoms with E-state index in [9.17, 15) is 14.4 Å². The molecule has 1 aliphatic rings. The maximum Gasteiger partial charge on any atom is 0.407 e.